The van der Waals surface area contributed by atoms with Crippen molar-refractivity contribution in [3.05, 3.63) is 0 Å². The van der Waals surface area contributed by atoms with Crippen LogP contribution in [0.4, 0.5) is 0 Å². The zero-order valence-corrected chi connectivity index (χ0v) is 9.19. The van der Waals surface area contributed by atoms with Crippen molar-refractivity contribution in [2.75, 3.05) is 41.7 Å². The first-order valence-electron chi connectivity index (χ1n) is 4.10. The minimum absolute atomic E-state index is 0.139. The molecule has 1 unspecified atom stereocenters. The van der Waals surface area contributed by atoms with E-state index in [1.807, 2.05) is 19.0 Å². The van der Waals surface area contributed by atoms with Crippen molar-refractivity contribution in [1.29, 1.82) is 0 Å². The molecular weight excluding hydrogens is 172 g/mol. The topological polar surface area (TPSA) is 56.2 Å². The van der Waals surface area contributed by atoms with E-state index in [1.165, 1.54) is 0 Å². The van der Waals surface area contributed by atoms with E-state index < -0.39 is 6.29 Å². The van der Waals surface area contributed by atoms with Crippen molar-refractivity contribution in [3.63, 3.8) is 0 Å². The molecule has 0 bridgehead atoms. The summed E-state index contributed by atoms with van der Waals surface area (Å²) in [4.78, 5) is 3.52. The SMILES string of the molecule is CC(O)OCN(C)C.CN(C)CO. The van der Waals surface area contributed by atoms with E-state index in [0.29, 0.717) is 6.73 Å². The summed E-state index contributed by atoms with van der Waals surface area (Å²) >= 11 is 0. The summed E-state index contributed by atoms with van der Waals surface area (Å²) < 4.78 is 4.78. The van der Waals surface area contributed by atoms with Gasteiger partial charge < -0.3 is 14.9 Å². The van der Waals surface area contributed by atoms with Crippen molar-refractivity contribution >= 4 is 0 Å². The third kappa shape index (κ3) is 24.5. The van der Waals surface area contributed by atoms with Crippen molar-refractivity contribution in [2.45, 2.75) is 13.2 Å². The molecule has 0 saturated heterocycles. The summed E-state index contributed by atoms with van der Waals surface area (Å²) in [6.07, 6.45) is -0.655. The number of aliphatic hydroxyl groups is 2. The maximum Gasteiger partial charge on any atom is 0.153 e. The Labute approximate surface area is 80.5 Å². The molecule has 0 aromatic rings. The monoisotopic (exact) mass is 194 g/mol. The van der Waals surface area contributed by atoms with Gasteiger partial charge >= 0.3 is 0 Å². The van der Waals surface area contributed by atoms with Crippen LogP contribution in [-0.2, 0) is 4.74 Å². The second-order valence-corrected chi connectivity index (χ2v) is 3.20. The van der Waals surface area contributed by atoms with Crippen LogP contribution in [0.25, 0.3) is 0 Å². The fraction of sp³-hybridized carbons (Fsp3) is 1.00. The third-order valence-electron chi connectivity index (χ3n) is 0.857. The van der Waals surface area contributed by atoms with Gasteiger partial charge in [-0.05, 0) is 35.1 Å². The van der Waals surface area contributed by atoms with Gasteiger partial charge in [0.15, 0.2) is 6.29 Å². The van der Waals surface area contributed by atoms with Gasteiger partial charge in [0, 0.05) is 0 Å². The number of ether oxygens (including phenoxy) is 1. The Morgan fingerprint density at radius 2 is 1.54 bits per heavy atom. The Morgan fingerprint density at radius 1 is 1.15 bits per heavy atom. The molecule has 0 aromatic heterocycles. The van der Waals surface area contributed by atoms with E-state index in [4.69, 9.17) is 14.9 Å². The van der Waals surface area contributed by atoms with Crippen LogP contribution in [0, 0.1) is 0 Å². The molecule has 0 aliphatic rings. The van der Waals surface area contributed by atoms with Crippen molar-refractivity contribution < 1.29 is 14.9 Å². The summed E-state index contributed by atoms with van der Waals surface area (Å²) in [5, 5.41) is 16.6. The largest absolute Gasteiger partial charge is 0.381 e. The summed E-state index contributed by atoms with van der Waals surface area (Å²) in [5.74, 6) is 0. The lowest BCUT2D eigenvalue weighted by molar-refractivity contribution is -0.113. The van der Waals surface area contributed by atoms with Gasteiger partial charge in [0.25, 0.3) is 0 Å². The van der Waals surface area contributed by atoms with Gasteiger partial charge in [-0.1, -0.05) is 0 Å². The zero-order valence-electron chi connectivity index (χ0n) is 9.19. The smallest absolute Gasteiger partial charge is 0.153 e. The van der Waals surface area contributed by atoms with E-state index in [-0.39, 0.29) is 6.73 Å². The van der Waals surface area contributed by atoms with E-state index >= 15 is 0 Å². The summed E-state index contributed by atoms with van der Waals surface area (Å²) in [6.45, 7) is 2.20. The van der Waals surface area contributed by atoms with Gasteiger partial charge in [-0.15, -0.1) is 0 Å². The number of hydrogen-bond acceptors (Lipinski definition) is 5. The minimum atomic E-state index is -0.655. The van der Waals surface area contributed by atoms with Crippen molar-refractivity contribution in [1.82, 2.24) is 9.80 Å². The van der Waals surface area contributed by atoms with Gasteiger partial charge in [0.2, 0.25) is 0 Å². The van der Waals surface area contributed by atoms with Crippen LogP contribution < -0.4 is 0 Å². The molecule has 0 rings (SSSR count). The average Bonchev–Trinajstić information content (AvgIpc) is 2.02. The molecule has 0 aliphatic heterocycles. The zero-order chi connectivity index (χ0) is 10.9. The van der Waals surface area contributed by atoms with Crippen LogP contribution in [0.15, 0.2) is 0 Å². The number of aliphatic hydroxyl groups excluding tert-OH is 2. The number of rotatable bonds is 4. The van der Waals surface area contributed by atoms with E-state index in [1.54, 1.807) is 25.9 Å². The molecule has 0 heterocycles. The molecule has 0 aliphatic carbocycles. The molecule has 82 valence electrons. The second kappa shape index (κ2) is 9.88. The highest BCUT2D eigenvalue weighted by Gasteiger charge is 1.93. The molecule has 13 heavy (non-hydrogen) atoms. The molecule has 5 heteroatoms. The molecule has 2 N–H and O–H groups in total. The maximum atomic E-state index is 8.55. The molecule has 0 radical (unpaired) electrons. The Morgan fingerprint density at radius 3 is 1.62 bits per heavy atom. The molecular formula is C8H22N2O3. The van der Waals surface area contributed by atoms with Crippen molar-refractivity contribution in [3.8, 4) is 0 Å². The first-order valence-corrected chi connectivity index (χ1v) is 4.10. The fourth-order valence-electron chi connectivity index (χ4n) is 0.257. The first kappa shape index (κ1) is 15.3. The Balaban J connectivity index is 0. The normalized spacial score (nSPS) is 12.7. The predicted octanol–water partition coefficient (Wildman–Crippen LogP) is -0.642. The lowest BCUT2D eigenvalue weighted by Gasteiger charge is -2.11. The van der Waals surface area contributed by atoms with Gasteiger partial charge in [-0.25, -0.2) is 0 Å². The van der Waals surface area contributed by atoms with E-state index in [9.17, 15) is 0 Å². The van der Waals surface area contributed by atoms with Gasteiger partial charge in [0.05, 0.1) is 6.73 Å². The first-order chi connectivity index (χ1) is 5.90. The lowest BCUT2D eigenvalue weighted by atomic mass is 10.8. The highest BCUT2D eigenvalue weighted by molar-refractivity contribution is 4.27. The average molecular weight is 194 g/mol. The molecule has 0 fully saturated rings. The standard InChI is InChI=1S/C5H13NO2.C3H9NO/c1-5(7)8-4-6(2)3;1-4(2)3-5/h5,7H,4H2,1-3H3;5H,3H2,1-2H3. The van der Waals surface area contributed by atoms with Crippen LogP contribution in [0.2, 0.25) is 0 Å². The summed E-state index contributed by atoms with van der Waals surface area (Å²) in [7, 11) is 7.37. The fourth-order valence-corrected chi connectivity index (χ4v) is 0.257. The summed E-state index contributed by atoms with van der Waals surface area (Å²) in [5.41, 5.74) is 0. The van der Waals surface area contributed by atoms with Gasteiger partial charge in [0.1, 0.15) is 6.73 Å². The van der Waals surface area contributed by atoms with E-state index in [0.717, 1.165) is 0 Å². The highest BCUT2D eigenvalue weighted by Crippen LogP contribution is 1.83. The molecule has 0 aromatic carbocycles. The third-order valence-corrected chi connectivity index (χ3v) is 0.857. The van der Waals surface area contributed by atoms with Crippen molar-refractivity contribution in [2.24, 2.45) is 0 Å². The molecule has 0 saturated carbocycles. The minimum Gasteiger partial charge on any atom is -0.381 e. The van der Waals surface area contributed by atoms with Gasteiger partial charge in [-0.3, -0.25) is 9.80 Å². The molecule has 0 amide bonds. The van der Waals surface area contributed by atoms with Crippen LogP contribution in [0.1, 0.15) is 6.92 Å². The Hall–Kier alpha value is -0.200. The quantitative estimate of drug-likeness (QED) is 0.583. The highest BCUT2D eigenvalue weighted by atomic mass is 16.6. The van der Waals surface area contributed by atoms with Crippen LogP contribution in [0.5, 0.6) is 0 Å². The maximum absolute atomic E-state index is 8.55. The van der Waals surface area contributed by atoms with E-state index in [2.05, 4.69) is 0 Å². The Kier molecular flexibility index (Phi) is 11.6. The molecule has 5 nitrogen and oxygen atoms in total. The number of hydrogen-bond donors (Lipinski definition) is 2. The van der Waals surface area contributed by atoms with Crippen LogP contribution in [0.3, 0.4) is 0 Å². The second-order valence-electron chi connectivity index (χ2n) is 3.20. The van der Waals surface area contributed by atoms with Crippen LogP contribution in [-0.4, -0.2) is 68.0 Å². The molecule has 1 atom stereocenters. The molecule has 0 spiro atoms. The van der Waals surface area contributed by atoms with Crippen LogP contribution >= 0.6 is 0 Å². The number of nitrogens with zero attached hydrogens (tertiary/aromatic N) is 2. The Bertz CT molecular complexity index is 89.4. The predicted molar refractivity (Wildman–Crippen MR) is 52.1 cm³/mol. The van der Waals surface area contributed by atoms with Gasteiger partial charge in [-0.2, -0.15) is 0 Å². The summed E-state index contributed by atoms with van der Waals surface area (Å²) in [6, 6.07) is 0. The lowest BCUT2D eigenvalue weighted by Crippen LogP contribution is -2.20.